The van der Waals surface area contributed by atoms with Crippen molar-refractivity contribution in [1.82, 2.24) is 0 Å². The summed E-state index contributed by atoms with van der Waals surface area (Å²) >= 11 is -1.59. The molecule has 0 N–H and O–H groups in total. The standard InChI is InChI=1S/2C8H11.C2H6Si.Zr/c2*1-6-4-5-7(2)8(6)3;1-3-2;/h2*4H2,1-3H3;1-2H3;. The van der Waals surface area contributed by atoms with E-state index in [0.717, 1.165) is 0 Å². The van der Waals surface area contributed by atoms with Crippen LogP contribution in [0.15, 0.2) is 40.0 Å². The second kappa shape index (κ2) is 6.05. The van der Waals surface area contributed by atoms with Gasteiger partial charge in [-0.05, 0) is 0 Å². The zero-order valence-corrected chi connectivity index (χ0v) is 17.9. The minimum absolute atomic E-state index is 0.169. The molecule has 0 amide bonds. The molecule has 0 nitrogen and oxygen atoms in total. The van der Waals surface area contributed by atoms with Crippen molar-refractivity contribution < 1.29 is 20.4 Å². The Morgan fingerprint density at radius 2 is 1.00 bits per heavy atom. The zero-order valence-electron chi connectivity index (χ0n) is 14.4. The molecule has 0 fully saturated rings. The maximum atomic E-state index is 2.58. The van der Waals surface area contributed by atoms with Gasteiger partial charge >= 0.3 is 133 Å². The molecule has 0 radical (unpaired) electrons. The van der Waals surface area contributed by atoms with E-state index in [1.165, 1.54) is 12.8 Å². The fraction of sp³-hybridized carbons (Fsp3) is 0.556. The summed E-state index contributed by atoms with van der Waals surface area (Å²) in [6.07, 6.45) is 2.61. The molecular formula is C18H28SiZr. The van der Waals surface area contributed by atoms with Crippen molar-refractivity contribution in [1.29, 1.82) is 0 Å². The van der Waals surface area contributed by atoms with Crippen LogP contribution in [0.5, 0.6) is 0 Å². The van der Waals surface area contributed by atoms with E-state index in [1.54, 1.807) is 33.4 Å². The van der Waals surface area contributed by atoms with Gasteiger partial charge in [0.15, 0.2) is 0 Å². The molecule has 20 heavy (non-hydrogen) atoms. The van der Waals surface area contributed by atoms with Crippen LogP contribution in [0, 0.1) is 0 Å². The van der Waals surface area contributed by atoms with E-state index in [4.69, 9.17) is 0 Å². The van der Waals surface area contributed by atoms with Crippen molar-refractivity contribution in [2.45, 2.75) is 67.5 Å². The summed E-state index contributed by atoms with van der Waals surface area (Å²) in [5.74, 6) is 0. The summed E-state index contributed by atoms with van der Waals surface area (Å²) in [5.41, 5.74) is 9.64. The van der Waals surface area contributed by atoms with Gasteiger partial charge in [0.05, 0.1) is 0 Å². The molecule has 0 aromatic rings. The second-order valence-corrected chi connectivity index (χ2v) is 23.9. The van der Waals surface area contributed by atoms with Gasteiger partial charge in [0.25, 0.3) is 0 Å². The van der Waals surface area contributed by atoms with Crippen molar-refractivity contribution in [3.05, 3.63) is 40.0 Å². The summed E-state index contributed by atoms with van der Waals surface area (Å²) in [6, 6.07) is 0. The van der Waals surface area contributed by atoms with E-state index in [1.807, 2.05) is 6.56 Å². The molecular weight excluding hydrogens is 336 g/mol. The van der Waals surface area contributed by atoms with E-state index in [2.05, 4.69) is 54.6 Å². The van der Waals surface area contributed by atoms with Gasteiger partial charge in [-0.2, -0.15) is 0 Å². The van der Waals surface area contributed by atoms with Crippen LogP contribution >= 0.6 is 0 Å². The summed E-state index contributed by atoms with van der Waals surface area (Å²) in [6.45, 7) is 19.3. The second-order valence-electron chi connectivity index (χ2n) is 6.75. The first-order valence-electron chi connectivity index (χ1n) is 7.66. The normalized spacial score (nSPS) is 19.8. The number of rotatable bonds is 2. The van der Waals surface area contributed by atoms with E-state index in [-0.39, 0.29) is 5.43 Å². The van der Waals surface area contributed by atoms with Gasteiger partial charge < -0.3 is 0 Å². The van der Waals surface area contributed by atoms with Crippen LogP contribution in [0.2, 0.25) is 13.1 Å². The van der Waals surface area contributed by atoms with Gasteiger partial charge in [0.2, 0.25) is 0 Å². The first-order chi connectivity index (χ1) is 9.25. The average molecular weight is 364 g/mol. The Morgan fingerprint density at radius 3 is 1.20 bits per heavy atom. The first-order valence-corrected chi connectivity index (χ1v) is 16.3. The van der Waals surface area contributed by atoms with Crippen LogP contribution in [0.1, 0.15) is 54.4 Å². The Labute approximate surface area is 132 Å². The molecule has 0 saturated heterocycles. The third kappa shape index (κ3) is 2.71. The summed E-state index contributed by atoms with van der Waals surface area (Å²) in [7, 11) is 0. The number of hydrogen-bond acceptors (Lipinski definition) is 0. The number of allylic oxidation sites excluding steroid dienone is 8. The molecule has 0 bridgehead atoms. The van der Waals surface area contributed by atoms with Gasteiger partial charge in [-0.15, -0.1) is 0 Å². The van der Waals surface area contributed by atoms with Crippen LogP contribution in [0.4, 0.5) is 0 Å². The average Bonchev–Trinajstić information content (AvgIpc) is 2.76. The van der Waals surface area contributed by atoms with Gasteiger partial charge in [0.1, 0.15) is 0 Å². The van der Waals surface area contributed by atoms with Crippen molar-refractivity contribution in [2.24, 2.45) is 0 Å². The van der Waals surface area contributed by atoms with Gasteiger partial charge in [0, 0.05) is 0 Å². The molecule has 2 rings (SSSR count). The third-order valence-corrected chi connectivity index (χ3v) is 22.9. The Kier molecular flexibility index (Phi) is 4.97. The molecule has 108 valence electrons. The van der Waals surface area contributed by atoms with E-state index < -0.39 is 20.4 Å². The van der Waals surface area contributed by atoms with Crippen LogP contribution < -0.4 is 0 Å². The van der Waals surface area contributed by atoms with Crippen LogP contribution in [0.3, 0.4) is 0 Å². The quantitative estimate of drug-likeness (QED) is 0.537. The van der Waals surface area contributed by atoms with Gasteiger partial charge in [-0.25, -0.2) is 0 Å². The van der Waals surface area contributed by atoms with E-state index in [0.29, 0.717) is 0 Å². The Hall–Kier alpha value is 0.0600. The molecule has 2 aliphatic carbocycles. The molecule has 2 aliphatic rings. The predicted octanol–water partition coefficient (Wildman–Crippen LogP) is 5.88. The van der Waals surface area contributed by atoms with Crippen molar-refractivity contribution in [2.75, 3.05) is 0 Å². The molecule has 0 saturated carbocycles. The third-order valence-electron chi connectivity index (χ3n) is 5.30. The Morgan fingerprint density at radius 1 is 0.650 bits per heavy atom. The molecule has 0 unspecified atom stereocenters. The Balaban J connectivity index is 2.53. The summed E-state index contributed by atoms with van der Waals surface area (Å²) < 4.78 is 3.86. The molecule has 0 aromatic carbocycles. The van der Waals surface area contributed by atoms with Crippen LogP contribution in [-0.4, -0.2) is 5.43 Å². The van der Waals surface area contributed by atoms with Gasteiger partial charge in [-0.1, -0.05) is 0 Å². The van der Waals surface area contributed by atoms with Gasteiger partial charge in [-0.3, -0.25) is 0 Å². The van der Waals surface area contributed by atoms with Crippen molar-refractivity contribution >= 4 is 5.43 Å². The monoisotopic (exact) mass is 362 g/mol. The first kappa shape index (κ1) is 16.4. The Bertz CT molecular complexity index is 582. The summed E-state index contributed by atoms with van der Waals surface area (Å²) in [5, 5.41) is 0. The molecule has 2 heteroatoms. The molecule has 0 heterocycles. The summed E-state index contributed by atoms with van der Waals surface area (Å²) in [4.78, 5) is 0. The molecule has 0 atom stereocenters. The fourth-order valence-corrected chi connectivity index (χ4v) is 22.7. The fourth-order valence-electron chi connectivity index (χ4n) is 3.49. The van der Waals surface area contributed by atoms with Crippen LogP contribution in [0.25, 0.3) is 0 Å². The van der Waals surface area contributed by atoms with Crippen molar-refractivity contribution in [3.8, 4) is 0 Å². The van der Waals surface area contributed by atoms with E-state index >= 15 is 0 Å². The minimum atomic E-state index is -1.59. The van der Waals surface area contributed by atoms with Crippen molar-refractivity contribution in [3.63, 3.8) is 0 Å². The van der Waals surface area contributed by atoms with E-state index in [9.17, 15) is 0 Å². The molecule has 0 aliphatic heterocycles. The predicted molar refractivity (Wildman–Crippen MR) is 88.9 cm³/mol. The number of hydrogen-bond donors (Lipinski definition) is 0. The zero-order chi connectivity index (χ0) is 15.2. The van der Waals surface area contributed by atoms with Crippen LogP contribution in [-0.2, 0) is 20.4 Å². The molecule has 0 spiro atoms. The topological polar surface area (TPSA) is 0 Å². The maximum absolute atomic E-state index is 2.58. The SMILES string of the molecule is CC1=C(C)C(C)=[C]([Zr]([C]2=C(C)C(C)=C(C)C2)=[Si](C)C)C1. The molecule has 0 aromatic heterocycles.